The van der Waals surface area contributed by atoms with Crippen LogP contribution in [0.2, 0.25) is 0 Å². The molecule has 0 spiro atoms. The Morgan fingerprint density at radius 2 is 1.90 bits per heavy atom. The van der Waals surface area contributed by atoms with Crippen LogP contribution in [-0.4, -0.2) is 23.3 Å². The fraction of sp³-hybridized carbons (Fsp3) is 0.375. The Balaban J connectivity index is 1.98. The Kier molecular flexibility index (Phi) is 5.00. The van der Waals surface area contributed by atoms with E-state index in [4.69, 9.17) is 20.9 Å². The Morgan fingerprint density at radius 3 is 2.55 bits per heavy atom. The molecule has 7 nitrogen and oxygen atoms in total. The van der Waals surface area contributed by atoms with Gasteiger partial charge in [-0.05, 0) is 24.8 Å². The van der Waals surface area contributed by atoms with Gasteiger partial charge in [0.15, 0.2) is 5.78 Å². The molecule has 162 valence electrons. The molecule has 1 atom stereocenters. The van der Waals surface area contributed by atoms with E-state index in [1.165, 1.54) is 0 Å². The molecule has 0 radical (unpaired) electrons. The molecule has 4 N–H and O–H groups in total. The molecule has 0 bridgehead atoms. The highest BCUT2D eigenvalue weighted by atomic mass is 16.5. The Labute approximate surface area is 181 Å². The summed E-state index contributed by atoms with van der Waals surface area (Å²) < 4.78 is 11.2. The van der Waals surface area contributed by atoms with Crippen LogP contribution in [0, 0.1) is 12.3 Å². The molecule has 31 heavy (non-hydrogen) atoms. The number of ketones is 1. The van der Waals surface area contributed by atoms with Crippen molar-refractivity contribution in [2.75, 3.05) is 18.1 Å². The first-order chi connectivity index (χ1) is 14.6. The van der Waals surface area contributed by atoms with Crippen LogP contribution in [0.1, 0.15) is 66.6 Å². The molecular formula is C24H27N3O4. The van der Waals surface area contributed by atoms with E-state index in [9.17, 15) is 9.59 Å². The zero-order valence-electron chi connectivity index (χ0n) is 18.2. The minimum absolute atomic E-state index is 0.00829. The number of rotatable bonds is 3. The van der Waals surface area contributed by atoms with Crippen molar-refractivity contribution in [3.8, 4) is 5.88 Å². The number of fused-ring (bicyclic) bond motifs is 1. The van der Waals surface area contributed by atoms with Gasteiger partial charge in [0.2, 0.25) is 5.88 Å². The number of nitrogens with two attached hydrogens (primary N) is 2. The topological polar surface area (TPSA) is 118 Å². The van der Waals surface area contributed by atoms with Crippen LogP contribution in [0.25, 0.3) is 0 Å². The molecule has 0 saturated heterocycles. The maximum atomic E-state index is 13.3. The zero-order chi connectivity index (χ0) is 22.5. The molecule has 0 amide bonds. The van der Waals surface area contributed by atoms with E-state index < -0.39 is 11.9 Å². The van der Waals surface area contributed by atoms with Crippen LogP contribution in [0.4, 0.5) is 11.5 Å². The molecule has 2 aliphatic rings. The summed E-state index contributed by atoms with van der Waals surface area (Å²) in [7, 11) is 0. The molecule has 0 saturated carbocycles. The van der Waals surface area contributed by atoms with E-state index in [1.54, 1.807) is 6.92 Å². The molecule has 2 aromatic rings. The van der Waals surface area contributed by atoms with Gasteiger partial charge in [-0.3, -0.25) is 4.79 Å². The molecule has 1 unspecified atom stereocenters. The van der Waals surface area contributed by atoms with Gasteiger partial charge in [0, 0.05) is 24.3 Å². The number of Topliss-reactive ketones (excluding diaryl/α,β-unsaturated/α-hetero) is 1. The lowest BCUT2D eigenvalue weighted by atomic mass is 9.70. The van der Waals surface area contributed by atoms with Crippen LogP contribution in [0.3, 0.4) is 0 Å². The number of aromatic nitrogens is 1. The first kappa shape index (κ1) is 20.9. The van der Waals surface area contributed by atoms with Crippen LogP contribution in [0.5, 0.6) is 5.88 Å². The van der Waals surface area contributed by atoms with Crippen molar-refractivity contribution in [3.63, 3.8) is 0 Å². The van der Waals surface area contributed by atoms with Crippen molar-refractivity contribution in [3.05, 3.63) is 57.9 Å². The van der Waals surface area contributed by atoms with Crippen LogP contribution < -0.4 is 16.2 Å². The standard InChI is InChI=1S/C24H27N3O4/c1-5-30-23(29)19-20(25)18-16(13-8-6-12(2)7-9-13)17-14(28)10-24(3,4)11-15(17)31-22(18)27-21(19)26/h6-9,16H,5,10-11H2,1-4H3,(H4,25,26,27). The SMILES string of the molecule is CCOC(=O)c1c(N)nc2c(c1N)C(c1ccc(C)cc1)C1=C(CC(C)(C)CC1=O)O2. The van der Waals surface area contributed by atoms with Crippen LogP contribution in [-0.2, 0) is 9.53 Å². The molecule has 1 aliphatic heterocycles. The second kappa shape index (κ2) is 7.41. The Bertz CT molecular complexity index is 1120. The molecule has 1 aliphatic carbocycles. The molecule has 1 aromatic heterocycles. The first-order valence-corrected chi connectivity index (χ1v) is 10.4. The number of nitrogens with zero attached hydrogens (tertiary/aromatic N) is 1. The number of hydrogen-bond donors (Lipinski definition) is 2. The molecule has 2 heterocycles. The van der Waals surface area contributed by atoms with E-state index in [1.807, 2.05) is 45.0 Å². The van der Waals surface area contributed by atoms with Gasteiger partial charge in [0.05, 0.1) is 17.9 Å². The number of esters is 1. The minimum atomic E-state index is -0.647. The van der Waals surface area contributed by atoms with Crippen molar-refractivity contribution in [2.45, 2.75) is 46.5 Å². The van der Waals surface area contributed by atoms with E-state index in [0.717, 1.165) is 11.1 Å². The van der Waals surface area contributed by atoms with E-state index in [2.05, 4.69) is 4.98 Å². The van der Waals surface area contributed by atoms with Gasteiger partial charge in [-0.25, -0.2) is 4.79 Å². The molecule has 0 fully saturated rings. The number of ether oxygens (including phenoxy) is 2. The van der Waals surface area contributed by atoms with Gasteiger partial charge in [0.25, 0.3) is 0 Å². The van der Waals surface area contributed by atoms with Gasteiger partial charge >= 0.3 is 5.97 Å². The predicted molar refractivity (Wildman–Crippen MR) is 118 cm³/mol. The zero-order valence-corrected chi connectivity index (χ0v) is 18.2. The summed E-state index contributed by atoms with van der Waals surface area (Å²) in [5, 5.41) is 0. The van der Waals surface area contributed by atoms with Crippen molar-refractivity contribution in [2.24, 2.45) is 5.41 Å². The van der Waals surface area contributed by atoms with Gasteiger partial charge < -0.3 is 20.9 Å². The summed E-state index contributed by atoms with van der Waals surface area (Å²) in [6.07, 6.45) is 0.997. The number of benzene rings is 1. The highest BCUT2D eigenvalue weighted by Gasteiger charge is 2.44. The van der Waals surface area contributed by atoms with Crippen molar-refractivity contribution >= 4 is 23.3 Å². The lowest BCUT2D eigenvalue weighted by Crippen LogP contribution is -2.34. The van der Waals surface area contributed by atoms with Gasteiger partial charge in [-0.15, -0.1) is 0 Å². The fourth-order valence-corrected chi connectivity index (χ4v) is 4.43. The summed E-state index contributed by atoms with van der Waals surface area (Å²) in [6, 6.07) is 7.89. The second-order valence-electron chi connectivity index (χ2n) is 8.95. The first-order valence-electron chi connectivity index (χ1n) is 10.4. The monoisotopic (exact) mass is 421 g/mol. The smallest absolute Gasteiger partial charge is 0.344 e. The van der Waals surface area contributed by atoms with Gasteiger partial charge in [-0.1, -0.05) is 43.7 Å². The maximum absolute atomic E-state index is 13.3. The summed E-state index contributed by atoms with van der Waals surface area (Å²) in [6.45, 7) is 7.95. The van der Waals surface area contributed by atoms with Crippen molar-refractivity contribution in [1.29, 1.82) is 0 Å². The maximum Gasteiger partial charge on any atom is 0.344 e. The lowest BCUT2D eigenvalue weighted by Gasteiger charge is -2.38. The summed E-state index contributed by atoms with van der Waals surface area (Å²) >= 11 is 0. The minimum Gasteiger partial charge on any atom is -0.462 e. The predicted octanol–water partition coefficient (Wildman–Crippen LogP) is 3.90. The number of allylic oxidation sites excluding steroid dienone is 2. The summed E-state index contributed by atoms with van der Waals surface area (Å²) in [5.74, 6) is -0.359. The number of carbonyl (C=O) groups is 2. The van der Waals surface area contributed by atoms with E-state index in [0.29, 0.717) is 29.7 Å². The van der Waals surface area contributed by atoms with Crippen molar-refractivity contribution in [1.82, 2.24) is 4.98 Å². The highest BCUT2D eigenvalue weighted by molar-refractivity contribution is 6.04. The fourth-order valence-electron chi connectivity index (χ4n) is 4.43. The second-order valence-corrected chi connectivity index (χ2v) is 8.95. The number of aryl methyl sites for hydroxylation is 1. The molecular weight excluding hydrogens is 394 g/mol. The third-order valence-corrected chi connectivity index (χ3v) is 5.83. The highest BCUT2D eigenvalue weighted by Crippen LogP contribution is 2.52. The Morgan fingerprint density at radius 1 is 1.23 bits per heavy atom. The van der Waals surface area contributed by atoms with Gasteiger partial charge in [-0.2, -0.15) is 4.98 Å². The number of nitrogen functional groups attached to an aromatic ring is 2. The summed E-state index contributed by atoms with van der Waals surface area (Å²) in [5.41, 5.74) is 15.5. The molecule has 7 heteroatoms. The van der Waals surface area contributed by atoms with E-state index in [-0.39, 0.29) is 40.8 Å². The molecule has 1 aromatic carbocycles. The summed E-state index contributed by atoms with van der Waals surface area (Å²) in [4.78, 5) is 30.2. The number of hydrogen-bond acceptors (Lipinski definition) is 7. The lowest BCUT2D eigenvalue weighted by molar-refractivity contribution is -0.118. The van der Waals surface area contributed by atoms with E-state index >= 15 is 0 Å². The van der Waals surface area contributed by atoms with Crippen molar-refractivity contribution < 1.29 is 19.1 Å². The third-order valence-electron chi connectivity index (χ3n) is 5.83. The normalized spacial score (nSPS) is 19.4. The quantitative estimate of drug-likeness (QED) is 0.722. The molecule has 4 rings (SSSR count). The Hall–Kier alpha value is -3.35. The third kappa shape index (κ3) is 3.54. The van der Waals surface area contributed by atoms with Crippen LogP contribution in [0.15, 0.2) is 35.6 Å². The average Bonchev–Trinajstić information content (AvgIpc) is 2.66. The number of carbonyl (C=O) groups excluding carboxylic acids is 2. The number of anilines is 2. The van der Waals surface area contributed by atoms with Crippen LogP contribution >= 0.6 is 0 Å². The number of pyridine rings is 1. The largest absolute Gasteiger partial charge is 0.462 e. The van der Waals surface area contributed by atoms with Gasteiger partial charge in [0.1, 0.15) is 17.1 Å². The average molecular weight is 421 g/mol.